The smallest absolute Gasteiger partial charge is 0.0640 e. The number of anilines is 6. The van der Waals surface area contributed by atoms with E-state index in [1.165, 1.54) is 60.3 Å². The molecule has 1 aromatic heterocycles. The zero-order valence-corrected chi connectivity index (χ0v) is 32.7. The average molecular weight is 734 g/mol. The summed E-state index contributed by atoms with van der Waals surface area (Å²) in [4.78, 5) is 4.87. The molecule has 3 nitrogen and oxygen atoms in total. The summed E-state index contributed by atoms with van der Waals surface area (Å²) in [5.41, 5.74) is 15.2. The van der Waals surface area contributed by atoms with Gasteiger partial charge in [-0.15, -0.1) is 0 Å². The summed E-state index contributed by atoms with van der Waals surface area (Å²) in [6.07, 6.45) is 0. The predicted molar refractivity (Wildman–Crippen MR) is 244 cm³/mol. The van der Waals surface area contributed by atoms with Crippen molar-refractivity contribution < 1.29 is 0 Å². The van der Waals surface area contributed by atoms with Crippen molar-refractivity contribution in [3.63, 3.8) is 0 Å². The van der Waals surface area contributed by atoms with Crippen LogP contribution in [0.3, 0.4) is 0 Å². The van der Waals surface area contributed by atoms with Crippen LogP contribution in [0.25, 0.3) is 49.0 Å². The molecule has 0 saturated carbocycles. The molecule has 1 heterocycles. The van der Waals surface area contributed by atoms with Gasteiger partial charge in [0.2, 0.25) is 0 Å². The van der Waals surface area contributed by atoms with Crippen molar-refractivity contribution in [3.8, 4) is 5.69 Å². The Morgan fingerprint density at radius 2 is 0.772 bits per heavy atom. The SMILES string of the molecule is Cc1ccc(N(c2ccc(C)cc2)c2cc(-n3c4ccccc4c4c(N(c5ccc(C)cc5)c5ccc(C)cc5)c5ccccc5cc43)cc3ccccc23)cc1. The minimum absolute atomic E-state index is 1.11. The Hall–Kier alpha value is -7.10. The van der Waals surface area contributed by atoms with Crippen molar-refractivity contribution in [2.75, 3.05) is 9.80 Å². The van der Waals surface area contributed by atoms with Crippen molar-refractivity contribution >= 4 is 77.5 Å². The summed E-state index contributed by atoms with van der Waals surface area (Å²) in [6.45, 7) is 8.60. The van der Waals surface area contributed by atoms with Gasteiger partial charge in [-0.2, -0.15) is 0 Å². The molecule has 0 bridgehead atoms. The third-order valence-corrected chi connectivity index (χ3v) is 11.4. The van der Waals surface area contributed by atoms with Crippen LogP contribution in [0.1, 0.15) is 22.3 Å². The highest BCUT2D eigenvalue weighted by Gasteiger charge is 2.25. The normalized spacial score (nSPS) is 11.5. The van der Waals surface area contributed by atoms with Crippen LogP contribution in [0.15, 0.2) is 188 Å². The van der Waals surface area contributed by atoms with Gasteiger partial charge in [-0.25, -0.2) is 0 Å². The van der Waals surface area contributed by atoms with Crippen LogP contribution in [-0.4, -0.2) is 4.57 Å². The summed E-state index contributed by atoms with van der Waals surface area (Å²) in [5, 5.41) is 7.20. The lowest BCUT2D eigenvalue weighted by atomic mass is 10.0. The zero-order valence-electron chi connectivity index (χ0n) is 32.7. The molecule has 0 N–H and O–H groups in total. The van der Waals surface area contributed by atoms with E-state index < -0.39 is 0 Å². The van der Waals surface area contributed by atoms with E-state index >= 15 is 0 Å². The molecule has 0 unspecified atom stereocenters. The molecule has 0 saturated heterocycles. The Bertz CT molecular complexity index is 2990. The van der Waals surface area contributed by atoms with Gasteiger partial charge >= 0.3 is 0 Å². The second-order valence-corrected chi connectivity index (χ2v) is 15.4. The van der Waals surface area contributed by atoms with E-state index in [1.807, 2.05) is 0 Å². The summed E-state index contributed by atoms with van der Waals surface area (Å²) in [5.74, 6) is 0. The highest BCUT2D eigenvalue weighted by molar-refractivity contribution is 6.24. The molecule has 3 heteroatoms. The van der Waals surface area contributed by atoms with Crippen LogP contribution >= 0.6 is 0 Å². The highest BCUT2D eigenvalue weighted by atomic mass is 15.2. The first kappa shape index (κ1) is 34.4. The largest absolute Gasteiger partial charge is 0.310 e. The van der Waals surface area contributed by atoms with Gasteiger partial charge in [-0.1, -0.05) is 138 Å². The van der Waals surface area contributed by atoms with E-state index in [9.17, 15) is 0 Å². The molecule has 0 aliphatic heterocycles. The van der Waals surface area contributed by atoms with Crippen LogP contribution in [0.4, 0.5) is 34.1 Å². The van der Waals surface area contributed by atoms with Crippen LogP contribution in [-0.2, 0) is 0 Å². The minimum Gasteiger partial charge on any atom is -0.310 e. The number of fused-ring (bicyclic) bond motifs is 5. The van der Waals surface area contributed by atoms with Crippen molar-refractivity contribution in [1.82, 2.24) is 4.57 Å². The number of hydrogen-bond donors (Lipinski definition) is 0. The fourth-order valence-corrected chi connectivity index (χ4v) is 8.47. The van der Waals surface area contributed by atoms with Crippen molar-refractivity contribution in [2.45, 2.75) is 27.7 Å². The van der Waals surface area contributed by atoms with E-state index in [0.717, 1.165) is 45.2 Å². The second kappa shape index (κ2) is 13.9. The molecule has 0 radical (unpaired) electrons. The van der Waals surface area contributed by atoms with Gasteiger partial charge in [-0.3, -0.25) is 0 Å². The van der Waals surface area contributed by atoms with Gasteiger partial charge in [-0.05, 0) is 111 Å². The number of hydrogen-bond acceptors (Lipinski definition) is 2. The first-order chi connectivity index (χ1) is 27.9. The fraction of sp³-hybridized carbons (Fsp3) is 0.0741. The van der Waals surface area contributed by atoms with Gasteiger partial charge in [0.1, 0.15) is 0 Å². The topological polar surface area (TPSA) is 11.4 Å². The van der Waals surface area contributed by atoms with E-state index in [1.54, 1.807) is 0 Å². The lowest BCUT2D eigenvalue weighted by Crippen LogP contribution is -2.12. The predicted octanol–water partition coefficient (Wildman–Crippen LogP) is 15.3. The van der Waals surface area contributed by atoms with Crippen LogP contribution in [0, 0.1) is 27.7 Å². The minimum atomic E-state index is 1.11. The molecule has 0 aliphatic carbocycles. The Balaban J connectivity index is 1.32. The van der Waals surface area contributed by atoms with Crippen LogP contribution in [0.5, 0.6) is 0 Å². The van der Waals surface area contributed by atoms with Crippen molar-refractivity contribution in [3.05, 3.63) is 210 Å². The van der Waals surface area contributed by atoms with Gasteiger partial charge < -0.3 is 14.4 Å². The standard InChI is InChI=1S/C54H43N3/c1-36-17-25-42(26-18-36)55(43-27-19-37(2)20-28-43)51-35-46(33-40-11-5-7-13-47(40)51)57-50-16-10-9-15-49(50)53-52(57)34-41-12-6-8-14-48(41)54(53)56(44-29-21-38(3)22-30-44)45-31-23-39(4)24-32-45/h5-35H,1-4H3. The molecule has 274 valence electrons. The van der Waals surface area contributed by atoms with E-state index in [4.69, 9.17) is 0 Å². The molecular weight excluding hydrogens is 691 g/mol. The summed E-state index contributed by atoms with van der Waals surface area (Å²) < 4.78 is 2.49. The number of nitrogens with zero attached hydrogens (tertiary/aromatic N) is 3. The van der Waals surface area contributed by atoms with Crippen molar-refractivity contribution in [2.24, 2.45) is 0 Å². The summed E-state index contributed by atoms with van der Waals surface area (Å²) in [7, 11) is 0. The monoisotopic (exact) mass is 733 g/mol. The average Bonchev–Trinajstić information content (AvgIpc) is 3.57. The van der Waals surface area contributed by atoms with Gasteiger partial charge in [0, 0.05) is 50.0 Å². The number of aromatic nitrogens is 1. The third-order valence-electron chi connectivity index (χ3n) is 11.4. The first-order valence-corrected chi connectivity index (χ1v) is 19.8. The molecule has 0 amide bonds. The van der Waals surface area contributed by atoms with E-state index in [0.29, 0.717) is 0 Å². The molecule has 10 rings (SSSR count). The maximum atomic E-state index is 2.49. The lowest BCUT2D eigenvalue weighted by molar-refractivity contribution is 1.18. The zero-order chi connectivity index (χ0) is 38.6. The first-order valence-electron chi connectivity index (χ1n) is 19.8. The second-order valence-electron chi connectivity index (χ2n) is 15.4. The molecular formula is C54H43N3. The Morgan fingerprint density at radius 3 is 1.30 bits per heavy atom. The van der Waals surface area contributed by atoms with Crippen molar-refractivity contribution in [1.29, 1.82) is 0 Å². The van der Waals surface area contributed by atoms with Crippen LogP contribution < -0.4 is 9.80 Å². The fourth-order valence-electron chi connectivity index (χ4n) is 8.47. The molecule has 0 aliphatic rings. The Kier molecular flexibility index (Phi) is 8.38. The maximum Gasteiger partial charge on any atom is 0.0640 e. The number of benzene rings is 9. The van der Waals surface area contributed by atoms with E-state index in [-0.39, 0.29) is 0 Å². The number of aryl methyl sites for hydroxylation is 4. The summed E-state index contributed by atoms with van der Waals surface area (Å²) in [6, 6.07) is 69.3. The molecule has 0 fully saturated rings. The number of rotatable bonds is 7. The maximum absolute atomic E-state index is 2.49. The van der Waals surface area contributed by atoms with E-state index in [2.05, 4.69) is 230 Å². The lowest BCUT2D eigenvalue weighted by Gasteiger charge is -2.29. The van der Waals surface area contributed by atoms with Gasteiger partial charge in [0.05, 0.1) is 22.4 Å². The van der Waals surface area contributed by atoms with Gasteiger partial charge in [0.15, 0.2) is 0 Å². The quantitative estimate of drug-likeness (QED) is 0.162. The Labute approximate surface area is 334 Å². The highest BCUT2D eigenvalue weighted by Crippen LogP contribution is 2.49. The van der Waals surface area contributed by atoms with Crippen LogP contribution in [0.2, 0.25) is 0 Å². The molecule has 57 heavy (non-hydrogen) atoms. The van der Waals surface area contributed by atoms with Gasteiger partial charge in [0.25, 0.3) is 0 Å². The Morgan fingerprint density at radius 1 is 0.351 bits per heavy atom. The molecule has 0 spiro atoms. The third kappa shape index (κ3) is 6.00. The molecule has 10 aromatic rings. The molecule has 9 aromatic carbocycles. The molecule has 0 atom stereocenters. The number of para-hydroxylation sites is 1. The summed E-state index contributed by atoms with van der Waals surface area (Å²) >= 11 is 0.